The van der Waals surface area contributed by atoms with Gasteiger partial charge in [0.25, 0.3) is 6.43 Å². The number of hydrogen-bond acceptors (Lipinski definition) is 3. The zero-order chi connectivity index (χ0) is 9.14. The molecule has 3 nitrogen and oxygen atoms in total. The largest absolute Gasteiger partial charge is 0.506 e. The summed E-state index contributed by atoms with van der Waals surface area (Å²) in [5, 5.41) is 8.88. The van der Waals surface area contributed by atoms with Crippen LogP contribution in [0.1, 0.15) is 22.5 Å². The monoisotopic (exact) mass is 173 g/mol. The zero-order valence-electron chi connectivity index (χ0n) is 5.87. The lowest BCUT2D eigenvalue weighted by molar-refractivity contribution is 0.111. The number of aromatic nitrogens is 1. The average Bonchev–Trinajstić information content (AvgIpc) is 2.05. The molecule has 0 aliphatic carbocycles. The Bertz CT molecular complexity index is 301. The summed E-state index contributed by atoms with van der Waals surface area (Å²) in [7, 11) is 0. The summed E-state index contributed by atoms with van der Waals surface area (Å²) >= 11 is 0. The van der Waals surface area contributed by atoms with E-state index in [4.69, 9.17) is 5.11 Å². The number of halogens is 2. The van der Waals surface area contributed by atoms with Gasteiger partial charge in [-0.15, -0.1) is 0 Å². The van der Waals surface area contributed by atoms with Gasteiger partial charge in [0.05, 0.1) is 11.8 Å². The minimum Gasteiger partial charge on any atom is -0.506 e. The number of nitrogens with zero attached hydrogens (tertiary/aromatic N) is 1. The molecule has 0 aromatic carbocycles. The van der Waals surface area contributed by atoms with Gasteiger partial charge in [-0.25, -0.2) is 8.78 Å². The lowest BCUT2D eigenvalue weighted by Crippen LogP contribution is -1.92. The molecule has 0 fully saturated rings. The summed E-state index contributed by atoms with van der Waals surface area (Å²) < 4.78 is 23.9. The normalized spacial score (nSPS) is 10.2. The van der Waals surface area contributed by atoms with E-state index in [-0.39, 0.29) is 5.56 Å². The van der Waals surface area contributed by atoms with Crippen LogP contribution in [0.2, 0.25) is 0 Å². The molecule has 64 valence electrons. The van der Waals surface area contributed by atoms with Crippen molar-refractivity contribution in [2.45, 2.75) is 6.43 Å². The fraction of sp³-hybridized carbons (Fsp3) is 0.143. The van der Waals surface area contributed by atoms with Crippen LogP contribution in [0.3, 0.4) is 0 Å². The molecular weight excluding hydrogens is 168 g/mol. The minimum absolute atomic E-state index is 0.180. The molecule has 0 radical (unpaired) electrons. The Kier molecular flexibility index (Phi) is 2.32. The lowest BCUT2D eigenvalue weighted by atomic mass is 10.2. The van der Waals surface area contributed by atoms with Crippen molar-refractivity contribution in [1.29, 1.82) is 0 Å². The van der Waals surface area contributed by atoms with E-state index < -0.39 is 17.9 Å². The van der Waals surface area contributed by atoms with Crippen LogP contribution in [0.15, 0.2) is 12.3 Å². The van der Waals surface area contributed by atoms with Gasteiger partial charge in [-0.1, -0.05) is 0 Å². The summed E-state index contributed by atoms with van der Waals surface area (Å²) in [5.74, 6) is -0.394. The van der Waals surface area contributed by atoms with Gasteiger partial charge in [0, 0.05) is 0 Å². The molecule has 0 aliphatic heterocycles. The maximum atomic E-state index is 12.0. The minimum atomic E-state index is -2.73. The third-order valence-electron chi connectivity index (χ3n) is 1.29. The second-order valence-corrected chi connectivity index (χ2v) is 2.09. The van der Waals surface area contributed by atoms with Gasteiger partial charge in [-0.2, -0.15) is 0 Å². The van der Waals surface area contributed by atoms with Gasteiger partial charge in [-0.05, 0) is 6.07 Å². The third kappa shape index (κ3) is 1.55. The molecule has 1 aromatic heterocycles. The second-order valence-electron chi connectivity index (χ2n) is 2.09. The van der Waals surface area contributed by atoms with E-state index in [1.54, 1.807) is 0 Å². The first kappa shape index (κ1) is 8.58. The number of carbonyl (C=O) groups is 1. The summed E-state index contributed by atoms with van der Waals surface area (Å²) in [6.07, 6.45) is -1.61. The fourth-order valence-electron chi connectivity index (χ4n) is 0.694. The van der Waals surface area contributed by atoms with Crippen molar-refractivity contribution >= 4 is 6.29 Å². The highest BCUT2D eigenvalue weighted by atomic mass is 19.3. The number of aromatic hydroxyl groups is 1. The second kappa shape index (κ2) is 3.25. The molecule has 0 bridgehead atoms. The van der Waals surface area contributed by atoms with E-state index in [1.165, 1.54) is 0 Å². The number of pyridine rings is 1. The first-order valence-electron chi connectivity index (χ1n) is 3.07. The van der Waals surface area contributed by atoms with E-state index in [2.05, 4.69) is 4.98 Å². The van der Waals surface area contributed by atoms with Gasteiger partial charge < -0.3 is 5.11 Å². The Morgan fingerprint density at radius 1 is 1.58 bits per heavy atom. The topological polar surface area (TPSA) is 50.2 Å². The highest BCUT2D eigenvalue weighted by Crippen LogP contribution is 2.21. The Morgan fingerprint density at radius 3 is 2.75 bits per heavy atom. The molecule has 0 saturated carbocycles. The molecular formula is C7H5F2NO2. The maximum Gasteiger partial charge on any atom is 0.280 e. The number of carbonyl (C=O) groups excluding carboxylic acids is 1. The van der Waals surface area contributed by atoms with Crippen LogP contribution in [-0.4, -0.2) is 16.4 Å². The zero-order valence-corrected chi connectivity index (χ0v) is 5.87. The van der Waals surface area contributed by atoms with Crippen molar-refractivity contribution < 1.29 is 18.7 Å². The van der Waals surface area contributed by atoms with Crippen LogP contribution in [0, 0.1) is 0 Å². The molecule has 0 amide bonds. The average molecular weight is 173 g/mol. The summed E-state index contributed by atoms with van der Waals surface area (Å²) in [6.45, 7) is 0. The first-order valence-corrected chi connectivity index (χ1v) is 3.07. The molecule has 0 saturated heterocycles. The van der Waals surface area contributed by atoms with Crippen LogP contribution < -0.4 is 0 Å². The van der Waals surface area contributed by atoms with E-state index in [1.807, 2.05) is 0 Å². The molecule has 5 heteroatoms. The quantitative estimate of drug-likeness (QED) is 0.690. The molecule has 1 aromatic rings. The van der Waals surface area contributed by atoms with Crippen molar-refractivity contribution in [1.82, 2.24) is 4.98 Å². The molecule has 12 heavy (non-hydrogen) atoms. The highest BCUT2D eigenvalue weighted by molar-refractivity contribution is 5.78. The van der Waals surface area contributed by atoms with Gasteiger partial charge in [0.15, 0.2) is 6.29 Å². The molecule has 0 atom stereocenters. The van der Waals surface area contributed by atoms with Crippen LogP contribution in [0.25, 0.3) is 0 Å². The predicted molar refractivity (Wildman–Crippen MR) is 36.2 cm³/mol. The van der Waals surface area contributed by atoms with Crippen LogP contribution in [0.5, 0.6) is 5.75 Å². The first-order chi connectivity index (χ1) is 5.65. The summed E-state index contributed by atoms with van der Waals surface area (Å²) in [4.78, 5) is 13.4. The van der Waals surface area contributed by atoms with Crippen molar-refractivity contribution in [2.24, 2.45) is 0 Å². The molecule has 1 heterocycles. The smallest absolute Gasteiger partial charge is 0.280 e. The molecule has 0 spiro atoms. The van der Waals surface area contributed by atoms with Crippen molar-refractivity contribution in [2.75, 3.05) is 0 Å². The number of hydrogen-bond donors (Lipinski definition) is 1. The Balaban J connectivity index is 3.13. The maximum absolute atomic E-state index is 12.0. The standard InChI is InChI=1S/C7H5F2NO2/c8-7(9)5-1-4(3-11)6(12)2-10-5/h1-3,7,12H. The van der Waals surface area contributed by atoms with Gasteiger partial charge in [0.1, 0.15) is 11.4 Å². The van der Waals surface area contributed by atoms with E-state index in [9.17, 15) is 13.6 Å². The summed E-state index contributed by atoms with van der Waals surface area (Å²) in [5.41, 5.74) is -0.699. The number of rotatable bonds is 2. The van der Waals surface area contributed by atoms with E-state index in [0.29, 0.717) is 6.29 Å². The van der Waals surface area contributed by atoms with Gasteiger partial charge in [0.2, 0.25) is 0 Å². The van der Waals surface area contributed by atoms with Gasteiger partial charge >= 0.3 is 0 Å². The van der Waals surface area contributed by atoms with Crippen LogP contribution >= 0.6 is 0 Å². The van der Waals surface area contributed by atoms with Crippen molar-refractivity contribution in [3.63, 3.8) is 0 Å². The number of alkyl halides is 2. The molecule has 0 unspecified atom stereocenters. The number of aldehydes is 1. The van der Waals surface area contributed by atoms with Crippen LogP contribution in [0.4, 0.5) is 8.78 Å². The van der Waals surface area contributed by atoms with E-state index in [0.717, 1.165) is 12.3 Å². The highest BCUT2D eigenvalue weighted by Gasteiger charge is 2.11. The third-order valence-corrected chi connectivity index (χ3v) is 1.29. The van der Waals surface area contributed by atoms with Crippen LogP contribution in [-0.2, 0) is 0 Å². The Morgan fingerprint density at radius 2 is 2.25 bits per heavy atom. The van der Waals surface area contributed by atoms with Crippen molar-refractivity contribution in [3.05, 3.63) is 23.5 Å². The fourth-order valence-corrected chi connectivity index (χ4v) is 0.694. The summed E-state index contributed by atoms with van der Waals surface area (Å²) in [6, 6.07) is 0.854. The Labute approximate surface area is 66.7 Å². The van der Waals surface area contributed by atoms with Crippen molar-refractivity contribution in [3.8, 4) is 5.75 Å². The van der Waals surface area contributed by atoms with E-state index >= 15 is 0 Å². The molecule has 1 rings (SSSR count). The Hall–Kier alpha value is -1.52. The SMILES string of the molecule is O=Cc1cc(C(F)F)ncc1O. The molecule has 0 aliphatic rings. The predicted octanol–water partition coefficient (Wildman–Crippen LogP) is 1.54. The van der Waals surface area contributed by atoms with Gasteiger partial charge in [-0.3, -0.25) is 9.78 Å². The molecule has 1 N–H and O–H groups in total. The lowest BCUT2D eigenvalue weighted by Gasteiger charge is -2.00.